The van der Waals surface area contributed by atoms with E-state index in [0.717, 1.165) is 12.1 Å². The molecule has 2 nitrogen and oxygen atoms in total. The number of rotatable bonds is 2. The fourth-order valence-corrected chi connectivity index (χ4v) is 1.56. The highest BCUT2D eigenvalue weighted by atomic mass is 19.4. The Bertz CT molecular complexity index is 578. The van der Waals surface area contributed by atoms with Gasteiger partial charge in [0.05, 0.1) is 24.6 Å². The summed E-state index contributed by atoms with van der Waals surface area (Å²) in [4.78, 5) is 3.93. The number of pyridine rings is 1. The molecule has 0 fully saturated rings. The molecular weight excluding hydrogens is 262 g/mol. The number of ether oxygens (including phenoxy) is 1. The lowest BCUT2D eigenvalue weighted by Crippen LogP contribution is -2.05. The first-order valence-corrected chi connectivity index (χ1v) is 5.29. The van der Waals surface area contributed by atoms with Crippen LogP contribution < -0.4 is 4.74 Å². The summed E-state index contributed by atoms with van der Waals surface area (Å²) in [5.74, 6) is -0.483. The number of methoxy groups -OCH3 is 1. The van der Waals surface area contributed by atoms with E-state index < -0.39 is 17.6 Å². The van der Waals surface area contributed by atoms with E-state index in [1.807, 2.05) is 0 Å². The van der Waals surface area contributed by atoms with Gasteiger partial charge in [-0.1, -0.05) is 0 Å². The predicted molar refractivity (Wildman–Crippen MR) is 61.2 cm³/mol. The third-order valence-corrected chi connectivity index (χ3v) is 2.54. The monoisotopic (exact) mass is 271 g/mol. The lowest BCUT2D eigenvalue weighted by molar-refractivity contribution is -0.137. The first-order chi connectivity index (χ1) is 8.91. The van der Waals surface area contributed by atoms with Crippen molar-refractivity contribution in [1.29, 1.82) is 0 Å². The molecule has 19 heavy (non-hydrogen) atoms. The van der Waals surface area contributed by atoms with E-state index in [2.05, 4.69) is 4.98 Å². The van der Waals surface area contributed by atoms with Crippen molar-refractivity contribution in [2.45, 2.75) is 6.18 Å². The van der Waals surface area contributed by atoms with Gasteiger partial charge in [-0.2, -0.15) is 13.2 Å². The molecule has 0 spiro atoms. The van der Waals surface area contributed by atoms with Gasteiger partial charge in [-0.05, 0) is 30.3 Å². The van der Waals surface area contributed by atoms with Crippen LogP contribution in [0, 0.1) is 5.82 Å². The Balaban J connectivity index is 2.40. The normalized spacial score (nSPS) is 11.4. The van der Waals surface area contributed by atoms with Gasteiger partial charge in [0, 0.05) is 5.56 Å². The van der Waals surface area contributed by atoms with Gasteiger partial charge in [-0.3, -0.25) is 4.98 Å². The van der Waals surface area contributed by atoms with E-state index in [4.69, 9.17) is 4.74 Å². The first-order valence-electron chi connectivity index (χ1n) is 5.29. The lowest BCUT2D eigenvalue weighted by Gasteiger charge is -2.09. The SMILES string of the molecule is COc1ccc(-c2ccc(C(F)(F)F)cc2F)nc1. The maximum absolute atomic E-state index is 13.7. The van der Waals surface area contributed by atoms with E-state index >= 15 is 0 Å². The van der Waals surface area contributed by atoms with Gasteiger partial charge in [0.2, 0.25) is 0 Å². The van der Waals surface area contributed by atoms with Crippen molar-refractivity contribution in [2.24, 2.45) is 0 Å². The molecule has 2 aromatic rings. The summed E-state index contributed by atoms with van der Waals surface area (Å²) in [6, 6.07) is 5.38. The second kappa shape index (κ2) is 4.87. The third-order valence-electron chi connectivity index (χ3n) is 2.54. The summed E-state index contributed by atoms with van der Waals surface area (Å²) in [6.07, 6.45) is -3.20. The van der Waals surface area contributed by atoms with E-state index in [9.17, 15) is 17.6 Å². The molecule has 6 heteroatoms. The maximum atomic E-state index is 13.7. The van der Waals surface area contributed by atoms with Crippen molar-refractivity contribution in [3.8, 4) is 17.0 Å². The average Bonchev–Trinajstić information content (AvgIpc) is 2.38. The minimum absolute atomic E-state index is 0.00986. The Hall–Kier alpha value is -2.11. The van der Waals surface area contributed by atoms with Crippen LogP contribution in [-0.4, -0.2) is 12.1 Å². The number of halogens is 4. The van der Waals surface area contributed by atoms with Crippen LogP contribution in [-0.2, 0) is 6.18 Å². The first kappa shape index (κ1) is 13.3. The number of hydrogen-bond donors (Lipinski definition) is 0. The van der Waals surface area contributed by atoms with Crippen LogP contribution in [0.25, 0.3) is 11.3 Å². The Kier molecular flexibility index (Phi) is 3.42. The van der Waals surface area contributed by atoms with Gasteiger partial charge in [0.25, 0.3) is 0 Å². The Morgan fingerprint density at radius 2 is 1.84 bits per heavy atom. The van der Waals surface area contributed by atoms with Gasteiger partial charge in [-0.15, -0.1) is 0 Å². The second-order valence-electron chi connectivity index (χ2n) is 3.78. The molecule has 1 aromatic heterocycles. The standard InChI is InChI=1S/C13H9F4NO/c1-19-9-3-5-12(18-7-9)10-4-2-8(6-11(10)14)13(15,16)17/h2-7H,1H3. The zero-order chi connectivity index (χ0) is 14.0. The molecule has 0 amide bonds. The highest BCUT2D eigenvalue weighted by Crippen LogP contribution is 2.32. The smallest absolute Gasteiger partial charge is 0.416 e. The highest BCUT2D eigenvalue weighted by Gasteiger charge is 2.31. The second-order valence-corrected chi connectivity index (χ2v) is 3.78. The fourth-order valence-electron chi connectivity index (χ4n) is 1.56. The number of benzene rings is 1. The molecule has 0 saturated carbocycles. The van der Waals surface area contributed by atoms with E-state index in [1.165, 1.54) is 19.4 Å². The number of alkyl halides is 3. The number of aromatic nitrogens is 1. The molecule has 0 bridgehead atoms. The third kappa shape index (κ3) is 2.83. The van der Waals surface area contributed by atoms with E-state index in [0.29, 0.717) is 11.8 Å². The van der Waals surface area contributed by atoms with Crippen LogP contribution in [0.5, 0.6) is 5.75 Å². The van der Waals surface area contributed by atoms with Gasteiger partial charge < -0.3 is 4.74 Å². The van der Waals surface area contributed by atoms with Gasteiger partial charge in [-0.25, -0.2) is 4.39 Å². The Morgan fingerprint density at radius 1 is 1.11 bits per heavy atom. The minimum Gasteiger partial charge on any atom is -0.495 e. The molecule has 2 rings (SSSR count). The van der Waals surface area contributed by atoms with Gasteiger partial charge in [0.15, 0.2) is 0 Å². The molecular formula is C13H9F4NO. The largest absolute Gasteiger partial charge is 0.495 e. The Labute approximate surface area is 106 Å². The molecule has 0 atom stereocenters. The molecule has 100 valence electrons. The molecule has 1 heterocycles. The lowest BCUT2D eigenvalue weighted by atomic mass is 10.1. The molecule has 0 aliphatic carbocycles. The van der Waals surface area contributed by atoms with E-state index in [1.54, 1.807) is 6.07 Å². The van der Waals surface area contributed by atoms with Gasteiger partial charge >= 0.3 is 6.18 Å². The summed E-state index contributed by atoms with van der Waals surface area (Å²) in [5, 5.41) is 0. The molecule has 0 N–H and O–H groups in total. The average molecular weight is 271 g/mol. The summed E-state index contributed by atoms with van der Waals surface area (Å²) >= 11 is 0. The van der Waals surface area contributed by atoms with Gasteiger partial charge in [0.1, 0.15) is 11.6 Å². The summed E-state index contributed by atoms with van der Waals surface area (Å²) in [5.41, 5.74) is -0.773. The molecule has 0 aliphatic heterocycles. The highest BCUT2D eigenvalue weighted by molar-refractivity contribution is 5.60. The van der Waals surface area contributed by atoms with Crippen LogP contribution in [0.4, 0.5) is 17.6 Å². The van der Waals surface area contributed by atoms with Crippen molar-refractivity contribution in [1.82, 2.24) is 4.98 Å². The fraction of sp³-hybridized carbons (Fsp3) is 0.154. The zero-order valence-electron chi connectivity index (χ0n) is 9.83. The van der Waals surface area contributed by atoms with E-state index in [-0.39, 0.29) is 11.3 Å². The quantitative estimate of drug-likeness (QED) is 0.772. The van der Waals surface area contributed by atoms with Crippen LogP contribution in [0.3, 0.4) is 0 Å². The minimum atomic E-state index is -4.56. The molecule has 1 aromatic carbocycles. The van der Waals surface area contributed by atoms with Crippen molar-refractivity contribution in [3.63, 3.8) is 0 Å². The van der Waals surface area contributed by atoms with Crippen molar-refractivity contribution >= 4 is 0 Å². The number of nitrogens with zero attached hydrogens (tertiary/aromatic N) is 1. The molecule has 0 unspecified atom stereocenters. The predicted octanol–water partition coefficient (Wildman–Crippen LogP) is 3.92. The molecule has 0 radical (unpaired) electrons. The Morgan fingerprint density at radius 3 is 2.32 bits per heavy atom. The maximum Gasteiger partial charge on any atom is 0.416 e. The topological polar surface area (TPSA) is 22.1 Å². The summed E-state index contributed by atoms with van der Waals surface area (Å²) < 4.78 is 55.8. The van der Waals surface area contributed by atoms with Crippen LogP contribution in [0.1, 0.15) is 5.56 Å². The summed E-state index contributed by atoms with van der Waals surface area (Å²) in [7, 11) is 1.45. The molecule has 0 aliphatic rings. The molecule has 0 saturated heterocycles. The van der Waals surface area contributed by atoms with Crippen LogP contribution >= 0.6 is 0 Å². The van der Waals surface area contributed by atoms with Crippen LogP contribution in [0.15, 0.2) is 36.5 Å². The van der Waals surface area contributed by atoms with Crippen LogP contribution in [0.2, 0.25) is 0 Å². The van der Waals surface area contributed by atoms with Crippen molar-refractivity contribution in [3.05, 3.63) is 47.9 Å². The summed E-state index contributed by atoms with van der Waals surface area (Å²) in [6.45, 7) is 0. The van der Waals surface area contributed by atoms with Crippen molar-refractivity contribution in [2.75, 3.05) is 7.11 Å². The van der Waals surface area contributed by atoms with Crippen molar-refractivity contribution < 1.29 is 22.3 Å². The zero-order valence-corrected chi connectivity index (χ0v) is 9.83. The number of hydrogen-bond acceptors (Lipinski definition) is 2.